The van der Waals surface area contributed by atoms with Crippen LogP contribution in [-0.2, 0) is 11.3 Å². The monoisotopic (exact) mass is 271 g/mol. The lowest BCUT2D eigenvalue weighted by molar-refractivity contribution is 0.199. The number of thiazole rings is 1. The van der Waals surface area contributed by atoms with Gasteiger partial charge in [-0.15, -0.1) is 11.3 Å². The topological polar surface area (TPSA) is 37.4 Å². The molecule has 0 aromatic carbocycles. The highest BCUT2D eigenvalue weighted by atomic mass is 32.1. The molecule has 1 aromatic rings. The second-order valence-electron chi connectivity index (χ2n) is 4.53. The number of hydrogen-bond acceptors (Lipinski definition) is 5. The molecule has 0 saturated carbocycles. The fourth-order valence-corrected chi connectivity index (χ4v) is 2.67. The molecule has 0 saturated heterocycles. The molecule has 104 valence electrons. The zero-order chi connectivity index (χ0) is 13.4. The van der Waals surface area contributed by atoms with Crippen molar-refractivity contribution in [3.63, 3.8) is 0 Å². The minimum atomic E-state index is 0.551. The molecule has 0 bridgehead atoms. The number of ether oxygens (including phenoxy) is 1. The van der Waals surface area contributed by atoms with E-state index in [1.165, 1.54) is 17.7 Å². The Labute approximate surface area is 114 Å². The molecular weight excluding hydrogens is 246 g/mol. The molecule has 1 atom stereocenters. The van der Waals surface area contributed by atoms with E-state index in [-0.39, 0.29) is 0 Å². The molecule has 1 rings (SSSR count). The van der Waals surface area contributed by atoms with Gasteiger partial charge in [-0.2, -0.15) is 0 Å². The zero-order valence-electron chi connectivity index (χ0n) is 11.9. The van der Waals surface area contributed by atoms with Gasteiger partial charge >= 0.3 is 0 Å². The highest BCUT2D eigenvalue weighted by Crippen LogP contribution is 2.23. The fraction of sp³-hybridized carbons (Fsp3) is 0.769. The van der Waals surface area contributed by atoms with Crippen LogP contribution < -0.4 is 10.2 Å². The molecule has 0 fully saturated rings. The van der Waals surface area contributed by atoms with Crippen LogP contribution in [-0.4, -0.2) is 38.3 Å². The van der Waals surface area contributed by atoms with Gasteiger partial charge in [0, 0.05) is 44.4 Å². The summed E-state index contributed by atoms with van der Waals surface area (Å²) in [6.07, 6.45) is 4.38. The summed E-state index contributed by atoms with van der Waals surface area (Å²) in [5.74, 6) is 0. The third kappa shape index (κ3) is 4.92. The van der Waals surface area contributed by atoms with Crippen molar-refractivity contribution < 1.29 is 4.74 Å². The number of rotatable bonds is 9. The first kappa shape index (κ1) is 15.4. The van der Waals surface area contributed by atoms with Crippen LogP contribution in [0.2, 0.25) is 0 Å². The number of nitrogens with zero attached hydrogens (tertiary/aromatic N) is 2. The van der Waals surface area contributed by atoms with Crippen LogP contribution in [0, 0.1) is 0 Å². The van der Waals surface area contributed by atoms with E-state index in [2.05, 4.69) is 36.1 Å². The Hall–Kier alpha value is -0.650. The summed E-state index contributed by atoms with van der Waals surface area (Å²) in [5, 5.41) is 4.45. The molecular formula is C13H25N3OS. The van der Waals surface area contributed by atoms with E-state index in [1.807, 2.05) is 6.20 Å². The second-order valence-corrected chi connectivity index (χ2v) is 5.62. The Morgan fingerprint density at radius 3 is 3.00 bits per heavy atom. The standard InChI is InChI=1S/C13H25N3OS/c1-5-6-11(2)16(3)13-15-10-12(18-13)9-14-7-8-17-4/h10-11,14H,5-9H2,1-4H3. The van der Waals surface area contributed by atoms with Crippen molar-refractivity contribution in [3.8, 4) is 0 Å². The molecule has 18 heavy (non-hydrogen) atoms. The number of nitrogens with one attached hydrogen (secondary N) is 1. The Balaban J connectivity index is 2.41. The molecule has 0 spiro atoms. The van der Waals surface area contributed by atoms with Crippen molar-refractivity contribution in [2.75, 3.05) is 32.2 Å². The van der Waals surface area contributed by atoms with E-state index in [4.69, 9.17) is 4.74 Å². The first-order valence-corrected chi connectivity index (χ1v) is 7.37. The van der Waals surface area contributed by atoms with Crippen LogP contribution in [0.1, 0.15) is 31.6 Å². The number of methoxy groups -OCH3 is 1. The Kier molecular flexibility index (Phi) is 7.23. The maximum Gasteiger partial charge on any atom is 0.185 e. The minimum absolute atomic E-state index is 0.551. The summed E-state index contributed by atoms with van der Waals surface area (Å²) in [5.41, 5.74) is 0. The molecule has 4 nitrogen and oxygen atoms in total. The first-order valence-electron chi connectivity index (χ1n) is 6.56. The van der Waals surface area contributed by atoms with Gasteiger partial charge in [0.15, 0.2) is 5.13 Å². The normalized spacial score (nSPS) is 12.7. The third-order valence-electron chi connectivity index (χ3n) is 2.99. The Bertz CT molecular complexity index is 330. The highest BCUT2D eigenvalue weighted by Gasteiger charge is 2.12. The summed E-state index contributed by atoms with van der Waals surface area (Å²) in [4.78, 5) is 8.04. The van der Waals surface area contributed by atoms with Gasteiger partial charge in [0.25, 0.3) is 0 Å². The van der Waals surface area contributed by atoms with E-state index in [1.54, 1.807) is 18.4 Å². The van der Waals surface area contributed by atoms with Gasteiger partial charge in [0.1, 0.15) is 0 Å². The molecule has 0 aliphatic carbocycles. The average molecular weight is 271 g/mol. The van der Waals surface area contributed by atoms with Gasteiger partial charge in [-0.25, -0.2) is 4.98 Å². The summed E-state index contributed by atoms with van der Waals surface area (Å²) >= 11 is 1.76. The van der Waals surface area contributed by atoms with Crippen LogP contribution in [0.4, 0.5) is 5.13 Å². The minimum Gasteiger partial charge on any atom is -0.383 e. The van der Waals surface area contributed by atoms with E-state index < -0.39 is 0 Å². The van der Waals surface area contributed by atoms with Gasteiger partial charge in [-0.05, 0) is 13.3 Å². The molecule has 1 heterocycles. The van der Waals surface area contributed by atoms with E-state index in [0.717, 1.165) is 24.8 Å². The van der Waals surface area contributed by atoms with Gasteiger partial charge in [-0.3, -0.25) is 0 Å². The predicted octanol–water partition coefficient (Wildman–Crippen LogP) is 2.50. The summed E-state index contributed by atoms with van der Waals surface area (Å²) in [6, 6.07) is 0.551. The van der Waals surface area contributed by atoms with E-state index >= 15 is 0 Å². The third-order valence-corrected chi connectivity index (χ3v) is 4.08. The van der Waals surface area contributed by atoms with Crippen LogP contribution in [0.5, 0.6) is 0 Å². The second kappa shape index (κ2) is 8.45. The van der Waals surface area contributed by atoms with Crippen molar-refractivity contribution in [2.45, 2.75) is 39.3 Å². The van der Waals surface area contributed by atoms with Crippen LogP contribution in [0.3, 0.4) is 0 Å². The SMILES string of the molecule is CCCC(C)N(C)c1ncc(CNCCOC)s1. The fourth-order valence-electron chi connectivity index (χ4n) is 1.73. The Morgan fingerprint density at radius 2 is 2.33 bits per heavy atom. The molecule has 0 amide bonds. The molecule has 1 aromatic heterocycles. The van der Waals surface area contributed by atoms with E-state index in [0.29, 0.717) is 6.04 Å². The zero-order valence-corrected chi connectivity index (χ0v) is 12.7. The van der Waals surface area contributed by atoms with Crippen LogP contribution in [0.15, 0.2) is 6.20 Å². The molecule has 0 aliphatic heterocycles. The number of anilines is 1. The van der Waals surface area contributed by atoms with Crippen molar-refractivity contribution in [1.29, 1.82) is 0 Å². The number of aromatic nitrogens is 1. The maximum atomic E-state index is 5.00. The lowest BCUT2D eigenvalue weighted by Gasteiger charge is -2.23. The van der Waals surface area contributed by atoms with Crippen molar-refractivity contribution in [1.82, 2.24) is 10.3 Å². The van der Waals surface area contributed by atoms with Crippen LogP contribution in [0.25, 0.3) is 0 Å². The molecule has 1 N–H and O–H groups in total. The molecule has 0 radical (unpaired) electrons. The quantitative estimate of drug-likeness (QED) is 0.700. The van der Waals surface area contributed by atoms with Gasteiger partial charge in [0.2, 0.25) is 0 Å². The lowest BCUT2D eigenvalue weighted by atomic mass is 10.2. The van der Waals surface area contributed by atoms with E-state index in [9.17, 15) is 0 Å². The van der Waals surface area contributed by atoms with Gasteiger partial charge in [-0.1, -0.05) is 13.3 Å². The Morgan fingerprint density at radius 1 is 1.56 bits per heavy atom. The average Bonchev–Trinajstić information content (AvgIpc) is 2.83. The lowest BCUT2D eigenvalue weighted by Crippen LogP contribution is -2.28. The summed E-state index contributed by atoms with van der Waals surface area (Å²) in [6.45, 7) is 6.97. The maximum absolute atomic E-state index is 5.00. The van der Waals surface area contributed by atoms with Crippen molar-refractivity contribution in [3.05, 3.63) is 11.1 Å². The largest absolute Gasteiger partial charge is 0.383 e. The first-order chi connectivity index (χ1) is 8.69. The summed E-state index contributed by atoms with van der Waals surface area (Å²) < 4.78 is 5.00. The molecule has 5 heteroatoms. The summed E-state index contributed by atoms with van der Waals surface area (Å²) in [7, 11) is 3.85. The number of hydrogen-bond donors (Lipinski definition) is 1. The molecule has 0 aliphatic rings. The van der Waals surface area contributed by atoms with Crippen molar-refractivity contribution in [2.24, 2.45) is 0 Å². The van der Waals surface area contributed by atoms with Crippen LogP contribution >= 0.6 is 11.3 Å². The smallest absolute Gasteiger partial charge is 0.185 e. The highest BCUT2D eigenvalue weighted by molar-refractivity contribution is 7.15. The predicted molar refractivity (Wildman–Crippen MR) is 78.5 cm³/mol. The van der Waals surface area contributed by atoms with Gasteiger partial charge < -0.3 is 15.0 Å². The van der Waals surface area contributed by atoms with Crippen molar-refractivity contribution >= 4 is 16.5 Å². The van der Waals surface area contributed by atoms with Gasteiger partial charge in [0.05, 0.1) is 6.61 Å². The molecule has 1 unspecified atom stereocenters.